The monoisotopic (exact) mass is 346 g/mol. The number of benzene rings is 1. The second-order valence-corrected chi connectivity index (χ2v) is 7.89. The lowest BCUT2D eigenvalue weighted by Gasteiger charge is -2.35. The number of morpholine rings is 1. The highest BCUT2D eigenvalue weighted by atomic mass is 16.5. The highest BCUT2D eigenvalue weighted by molar-refractivity contribution is 5.94. The third-order valence-electron chi connectivity index (χ3n) is 4.41. The van der Waals surface area contributed by atoms with E-state index < -0.39 is 0 Å². The molecule has 1 heterocycles. The molecule has 5 nitrogen and oxygen atoms in total. The maximum absolute atomic E-state index is 12.3. The third kappa shape index (κ3) is 5.56. The molecule has 1 aromatic rings. The number of hydrogen-bond donors (Lipinski definition) is 1. The van der Waals surface area contributed by atoms with Gasteiger partial charge in [0.1, 0.15) is 0 Å². The lowest BCUT2D eigenvalue weighted by atomic mass is 9.87. The van der Waals surface area contributed by atoms with Crippen LogP contribution in [0.5, 0.6) is 0 Å². The van der Waals surface area contributed by atoms with Crippen molar-refractivity contribution < 1.29 is 14.3 Å². The lowest BCUT2D eigenvalue weighted by molar-refractivity contribution is -0.143. The highest BCUT2D eigenvalue weighted by Gasteiger charge is 2.25. The van der Waals surface area contributed by atoms with E-state index in [1.807, 2.05) is 43.0 Å². The van der Waals surface area contributed by atoms with Gasteiger partial charge in [-0.1, -0.05) is 32.9 Å². The van der Waals surface area contributed by atoms with Gasteiger partial charge in [0.25, 0.3) is 5.91 Å². The van der Waals surface area contributed by atoms with Crippen molar-refractivity contribution in [3.05, 3.63) is 35.4 Å². The molecule has 1 saturated heterocycles. The third-order valence-corrected chi connectivity index (χ3v) is 4.41. The van der Waals surface area contributed by atoms with E-state index in [1.54, 1.807) is 0 Å². The molecule has 25 heavy (non-hydrogen) atoms. The molecule has 1 aliphatic rings. The van der Waals surface area contributed by atoms with Crippen LogP contribution in [-0.4, -0.2) is 48.6 Å². The van der Waals surface area contributed by atoms with Gasteiger partial charge in [0, 0.05) is 31.6 Å². The maximum atomic E-state index is 12.3. The topological polar surface area (TPSA) is 58.6 Å². The van der Waals surface area contributed by atoms with Crippen molar-refractivity contribution >= 4 is 11.8 Å². The molecule has 138 valence electrons. The number of amides is 2. The van der Waals surface area contributed by atoms with Crippen LogP contribution in [0.2, 0.25) is 0 Å². The fourth-order valence-corrected chi connectivity index (χ4v) is 3.05. The van der Waals surface area contributed by atoms with Gasteiger partial charge in [0.2, 0.25) is 5.91 Å². The summed E-state index contributed by atoms with van der Waals surface area (Å²) in [4.78, 5) is 26.3. The highest BCUT2D eigenvalue weighted by Crippen LogP contribution is 2.22. The van der Waals surface area contributed by atoms with Gasteiger partial charge in [-0.2, -0.15) is 0 Å². The van der Waals surface area contributed by atoms with Crippen molar-refractivity contribution in [3.8, 4) is 0 Å². The van der Waals surface area contributed by atoms with Gasteiger partial charge < -0.3 is 15.0 Å². The van der Waals surface area contributed by atoms with Gasteiger partial charge in [0.15, 0.2) is 0 Å². The summed E-state index contributed by atoms with van der Waals surface area (Å²) in [6.07, 6.45) is 0.429. The molecule has 1 N–H and O–H groups in total. The molecule has 1 aliphatic heterocycles. The molecule has 1 aromatic carbocycles. The first kappa shape index (κ1) is 19.4. The number of nitrogens with one attached hydrogen (secondary N) is 1. The molecule has 0 aliphatic carbocycles. The Morgan fingerprint density at radius 3 is 2.20 bits per heavy atom. The van der Waals surface area contributed by atoms with Crippen molar-refractivity contribution in [1.29, 1.82) is 0 Å². The first-order valence-electron chi connectivity index (χ1n) is 8.99. The van der Waals surface area contributed by atoms with Crippen LogP contribution < -0.4 is 5.32 Å². The molecule has 1 fully saturated rings. The van der Waals surface area contributed by atoms with Gasteiger partial charge in [-0.05, 0) is 37.0 Å². The molecule has 0 radical (unpaired) electrons. The molecular weight excluding hydrogens is 316 g/mol. The standard InChI is InChI=1S/C20H30N2O3/c1-14-12-22(13-15(2)25-14)18(23)10-11-21-19(24)16-6-8-17(9-7-16)20(3,4)5/h6-9,14-15H,10-13H2,1-5H3,(H,21,24). The summed E-state index contributed by atoms with van der Waals surface area (Å²) in [5.41, 5.74) is 1.87. The van der Waals surface area contributed by atoms with E-state index in [4.69, 9.17) is 4.74 Å². The smallest absolute Gasteiger partial charge is 0.251 e. The summed E-state index contributed by atoms with van der Waals surface area (Å²) in [5, 5.41) is 2.83. The van der Waals surface area contributed by atoms with Gasteiger partial charge in [-0.25, -0.2) is 0 Å². The zero-order valence-corrected chi connectivity index (χ0v) is 16.0. The van der Waals surface area contributed by atoms with Gasteiger partial charge in [0.05, 0.1) is 12.2 Å². The summed E-state index contributed by atoms with van der Waals surface area (Å²) in [6.45, 7) is 11.9. The molecule has 0 saturated carbocycles. The van der Waals surface area contributed by atoms with Crippen molar-refractivity contribution in [3.63, 3.8) is 0 Å². The molecule has 0 bridgehead atoms. The molecule has 2 amide bonds. The van der Waals surface area contributed by atoms with E-state index in [0.717, 1.165) is 0 Å². The summed E-state index contributed by atoms with van der Waals surface area (Å²) in [6, 6.07) is 7.64. The van der Waals surface area contributed by atoms with Crippen LogP contribution in [0.15, 0.2) is 24.3 Å². The van der Waals surface area contributed by atoms with E-state index in [0.29, 0.717) is 31.6 Å². The predicted molar refractivity (Wildman–Crippen MR) is 98.7 cm³/mol. The Bertz CT molecular complexity index is 594. The molecule has 0 spiro atoms. The van der Waals surface area contributed by atoms with E-state index in [-0.39, 0.29) is 29.4 Å². The van der Waals surface area contributed by atoms with Crippen LogP contribution in [0, 0.1) is 0 Å². The normalized spacial score (nSPS) is 21.1. The van der Waals surface area contributed by atoms with Crippen molar-refractivity contribution in [2.75, 3.05) is 19.6 Å². The molecular formula is C20H30N2O3. The average Bonchev–Trinajstić information content (AvgIpc) is 2.53. The Morgan fingerprint density at radius 1 is 1.12 bits per heavy atom. The number of carbonyl (C=O) groups excluding carboxylic acids is 2. The van der Waals surface area contributed by atoms with Crippen LogP contribution in [-0.2, 0) is 14.9 Å². The Balaban J connectivity index is 1.81. The summed E-state index contributed by atoms with van der Waals surface area (Å²) >= 11 is 0. The first-order valence-corrected chi connectivity index (χ1v) is 8.99. The number of carbonyl (C=O) groups is 2. The summed E-state index contributed by atoms with van der Waals surface area (Å²) in [7, 11) is 0. The SMILES string of the molecule is CC1CN(C(=O)CCNC(=O)c2ccc(C(C)(C)C)cc2)CC(C)O1. The van der Waals surface area contributed by atoms with E-state index in [1.165, 1.54) is 5.56 Å². The molecule has 5 heteroatoms. The average molecular weight is 346 g/mol. The van der Waals surface area contributed by atoms with Crippen molar-refractivity contribution in [2.45, 2.75) is 58.7 Å². The Hall–Kier alpha value is -1.88. The minimum absolute atomic E-state index is 0.0589. The molecule has 2 rings (SSSR count). The van der Waals surface area contributed by atoms with E-state index >= 15 is 0 Å². The van der Waals surface area contributed by atoms with Crippen LogP contribution in [0.1, 0.15) is 57.0 Å². The van der Waals surface area contributed by atoms with Crippen molar-refractivity contribution in [2.24, 2.45) is 0 Å². The minimum Gasteiger partial charge on any atom is -0.372 e. The van der Waals surface area contributed by atoms with Crippen LogP contribution >= 0.6 is 0 Å². The Morgan fingerprint density at radius 2 is 1.68 bits per heavy atom. The van der Waals surface area contributed by atoms with Crippen LogP contribution in [0.25, 0.3) is 0 Å². The van der Waals surface area contributed by atoms with E-state index in [2.05, 4.69) is 26.1 Å². The van der Waals surface area contributed by atoms with Crippen LogP contribution in [0.3, 0.4) is 0 Å². The second kappa shape index (κ2) is 8.00. The zero-order chi connectivity index (χ0) is 18.6. The lowest BCUT2D eigenvalue weighted by Crippen LogP contribution is -2.48. The first-order chi connectivity index (χ1) is 11.7. The fraction of sp³-hybridized carbons (Fsp3) is 0.600. The summed E-state index contributed by atoms with van der Waals surface area (Å²) in [5.74, 6) is -0.0812. The fourth-order valence-electron chi connectivity index (χ4n) is 3.05. The minimum atomic E-state index is -0.142. The van der Waals surface area contributed by atoms with Gasteiger partial charge in [-0.3, -0.25) is 9.59 Å². The maximum Gasteiger partial charge on any atom is 0.251 e. The Kier molecular flexibility index (Phi) is 6.22. The number of ether oxygens (including phenoxy) is 1. The predicted octanol–water partition coefficient (Wildman–Crippen LogP) is 2.74. The second-order valence-electron chi connectivity index (χ2n) is 7.89. The molecule has 0 aromatic heterocycles. The van der Waals surface area contributed by atoms with Gasteiger partial charge in [-0.15, -0.1) is 0 Å². The van der Waals surface area contributed by atoms with E-state index in [9.17, 15) is 9.59 Å². The molecule has 2 atom stereocenters. The number of nitrogens with zero attached hydrogens (tertiary/aromatic N) is 1. The quantitative estimate of drug-likeness (QED) is 0.912. The molecule has 2 unspecified atom stereocenters. The zero-order valence-electron chi connectivity index (χ0n) is 16.0. The summed E-state index contributed by atoms with van der Waals surface area (Å²) < 4.78 is 5.64. The number of hydrogen-bond acceptors (Lipinski definition) is 3. The largest absolute Gasteiger partial charge is 0.372 e. The number of rotatable bonds is 4. The Labute approximate surface area is 150 Å². The van der Waals surface area contributed by atoms with Gasteiger partial charge >= 0.3 is 0 Å². The van der Waals surface area contributed by atoms with Crippen molar-refractivity contribution in [1.82, 2.24) is 10.2 Å². The van der Waals surface area contributed by atoms with Crippen LogP contribution in [0.4, 0.5) is 0 Å².